The molecule has 1 aliphatic heterocycles. The summed E-state index contributed by atoms with van der Waals surface area (Å²) in [6.45, 7) is 4.52. The summed E-state index contributed by atoms with van der Waals surface area (Å²) in [5.74, 6) is 1.15. The second-order valence-corrected chi connectivity index (χ2v) is 5.14. The van der Waals surface area contributed by atoms with E-state index in [0.29, 0.717) is 0 Å². The Kier molecular flexibility index (Phi) is 5.41. The van der Waals surface area contributed by atoms with Gasteiger partial charge in [-0.3, -0.25) is 4.79 Å². The van der Waals surface area contributed by atoms with Gasteiger partial charge in [0.05, 0.1) is 13.2 Å². The lowest BCUT2D eigenvalue weighted by Crippen LogP contribution is -2.51. The predicted molar refractivity (Wildman–Crippen MR) is 80.0 cm³/mol. The van der Waals surface area contributed by atoms with E-state index >= 15 is 0 Å². The first-order chi connectivity index (χ1) is 9.76. The molecule has 1 unspecified atom stereocenters. The monoisotopic (exact) mass is 276 g/mol. The van der Waals surface area contributed by atoms with E-state index in [1.165, 1.54) is 0 Å². The zero-order valence-corrected chi connectivity index (χ0v) is 12.4. The van der Waals surface area contributed by atoms with Gasteiger partial charge in [-0.05, 0) is 37.4 Å². The molecule has 1 N–H and O–H groups in total. The fourth-order valence-corrected chi connectivity index (χ4v) is 2.76. The Morgan fingerprint density at radius 3 is 2.95 bits per heavy atom. The van der Waals surface area contributed by atoms with Crippen LogP contribution < -0.4 is 10.1 Å². The lowest BCUT2D eigenvalue weighted by Gasteiger charge is -2.32. The van der Waals surface area contributed by atoms with Crippen molar-refractivity contribution in [2.24, 2.45) is 0 Å². The van der Waals surface area contributed by atoms with Crippen molar-refractivity contribution in [1.29, 1.82) is 0 Å². The molecule has 0 saturated carbocycles. The van der Waals surface area contributed by atoms with Crippen LogP contribution >= 0.6 is 0 Å². The van der Waals surface area contributed by atoms with Crippen LogP contribution in [0.2, 0.25) is 0 Å². The highest BCUT2D eigenvalue weighted by atomic mass is 16.5. The summed E-state index contributed by atoms with van der Waals surface area (Å²) in [4.78, 5) is 14.3. The quantitative estimate of drug-likeness (QED) is 0.862. The maximum Gasteiger partial charge on any atom is 0.239 e. The number of methoxy groups -OCH3 is 1. The van der Waals surface area contributed by atoms with Gasteiger partial charge >= 0.3 is 0 Å². The highest BCUT2D eigenvalue weighted by Gasteiger charge is 2.27. The van der Waals surface area contributed by atoms with Crippen molar-refractivity contribution in [2.45, 2.75) is 32.2 Å². The molecule has 0 aliphatic carbocycles. The van der Waals surface area contributed by atoms with Crippen LogP contribution in [0, 0.1) is 0 Å². The zero-order valence-electron chi connectivity index (χ0n) is 12.4. The van der Waals surface area contributed by atoms with Gasteiger partial charge in [-0.15, -0.1) is 0 Å². The van der Waals surface area contributed by atoms with Crippen LogP contribution in [0.4, 0.5) is 0 Å². The summed E-state index contributed by atoms with van der Waals surface area (Å²) in [5.41, 5.74) is 1.16. The Morgan fingerprint density at radius 2 is 2.20 bits per heavy atom. The van der Waals surface area contributed by atoms with E-state index in [1.807, 2.05) is 30.0 Å². The molecular weight excluding hydrogens is 252 g/mol. The number of likely N-dealkylation sites (N-methyl/N-ethyl adjacent to an activating group) is 1. The predicted octanol–water partition coefficient (Wildman–Crippen LogP) is 1.84. The molecule has 1 aromatic rings. The number of hydrogen-bond acceptors (Lipinski definition) is 3. The minimum atomic E-state index is 0.00594. The molecule has 0 radical (unpaired) electrons. The lowest BCUT2D eigenvalue weighted by molar-refractivity contribution is -0.135. The molecule has 1 heterocycles. The molecule has 110 valence electrons. The van der Waals surface area contributed by atoms with Crippen LogP contribution in [0.1, 0.15) is 25.3 Å². The van der Waals surface area contributed by atoms with Crippen molar-refractivity contribution in [3.05, 3.63) is 29.8 Å². The number of carbonyl (C=O) groups excluding carboxylic acids is 1. The number of rotatable bonds is 6. The summed E-state index contributed by atoms with van der Waals surface area (Å²) >= 11 is 0. The number of nitrogens with zero attached hydrogens (tertiary/aromatic N) is 1. The van der Waals surface area contributed by atoms with Crippen molar-refractivity contribution in [3.63, 3.8) is 0 Å². The van der Waals surface area contributed by atoms with E-state index in [1.54, 1.807) is 7.11 Å². The average molecular weight is 276 g/mol. The van der Waals surface area contributed by atoms with Crippen LogP contribution in [0.25, 0.3) is 0 Å². The molecular formula is C16H24N2O2. The third-order valence-electron chi connectivity index (χ3n) is 3.82. The second-order valence-electron chi connectivity index (χ2n) is 5.14. The van der Waals surface area contributed by atoms with Gasteiger partial charge in [-0.25, -0.2) is 0 Å². The van der Waals surface area contributed by atoms with Crippen molar-refractivity contribution in [3.8, 4) is 5.75 Å². The number of para-hydroxylation sites is 1. The van der Waals surface area contributed by atoms with Crippen LogP contribution in [-0.2, 0) is 11.2 Å². The first kappa shape index (κ1) is 14.9. The summed E-state index contributed by atoms with van der Waals surface area (Å²) in [7, 11) is 1.69. The Labute approximate surface area is 121 Å². The highest BCUT2D eigenvalue weighted by Crippen LogP contribution is 2.19. The van der Waals surface area contributed by atoms with Gasteiger partial charge in [0.1, 0.15) is 5.75 Å². The minimum Gasteiger partial charge on any atom is -0.496 e. The van der Waals surface area contributed by atoms with Crippen LogP contribution in [-0.4, -0.2) is 43.6 Å². The Morgan fingerprint density at radius 1 is 1.40 bits per heavy atom. The fourth-order valence-electron chi connectivity index (χ4n) is 2.76. The number of amides is 1. The molecule has 0 aromatic heterocycles. The molecule has 1 saturated heterocycles. The molecule has 1 aliphatic rings. The summed E-state index contributed by atoms with van der Waals surface area (Å²) in [6, 6.07) is 8.02. The fraction of sp³-hybridized carbons (Fsp3) is 0.562. The lowest BCUT2D eigenvalue weighted by atomic mass is 10.0. The van der Waals surface area contributed by atoms with Gasteiger partial charge < -0.3 is 15.0 Å². The van der Waals surface area contributed by atoms with Crippen molar-refractivity contribution < 1.29 is 9.53 Å². The third kappa shape index (κ3) is 3.51. The topological polar surface area (TPSA) is 41.6 Å². The van der Waals surface area contributed by atoms with Gasteiger partial charge in [-0.1, -0.05) is 25.1 Å². The van der Waals surface area contributed by atoms with Gasteiger partial charge in [0.15, 0.2) is 0 Å². The SMILES string of the molecule is CCNC1CCCN(CCc2ccccc2OC)C1=O. The minimum absolute atomic E-state index is 0.00594. The Hall–Kier alpha value is -1.55. The summed E-state index contributed by atoms with van der Waals surface area (Å²) in [5, 5.41) is 3.27. The van der Waals surface area contributed by atoms with E-state index in [-0.39, 0.29) is 11.9 Å². The van der Waals surface area contributed by atoms with Crippen molar-refractivity contribution in [1.82, 2.24) is 10.2 Å². The number of nitrogens with one attached hydrogen (secondary N) is 1. The Bertz CT molecular complexity index is 446. The van der Waals surface area contributed by atoms with Crippen molar-refractivity contribution in [2.75, 3.05) is 26.7 Å². The van der Waals surface area contributed by atoms with E-state index in [9.17, 15) is 4.79 Å². The zero-order chi connectivity index (χ0) is 14.4. The number of carbonyl (C=O) groups is 1. The number of piperidine rings is 1. The van der Waals surface area contributed by atoms with Crippen LogP contribution in [0.3, 0.4) is 0 Å². The molecule has 4 nitrogen and oxygen atoms in total. The first-order valence-electron chi connectivity index (χ1n) is 7.40. The van der Waals surface area contributed by atoms with Crippen molar-refractivity contribution >= 4 is 5.91 Å². The number of benzene rings is 1. The number of likely N-dealkylation sites (tertiary alicyclic amines) is 1. The molecule has 1 fully saturated rings. The third-order valence-corrected chi connectivity index (χ3v) is 3.82. The van der Waals surface area contributed by atoms with Gasteiger partial charge in [0.25, 0.3) is 0 Å². The number of hydrogen-bond donors (Lipinski definition) is 1. The standard InChI is InChI=1S/C16H24N2O2/c1-3-17-14-8-6-11-18(16(14)19)12-10-13-7-4-5-9-15(13)20-2/h4-5,7,9,14,17H,3,6,8,10-12H2,1-2H3. The molecule has 1 aromatic carbocycles. The molecule has 0 spiro atoms. The molecule has 4 heteroatoms. The number of ether oxygens (including phenoxy) is 1. The van der Waals surface area contributed by atoms with Gasteiger partial charge in [0, 0.05) is 13.1 Å². The summed E-state index contributed by atoms with van der Waals surface area (Å²) < 4.78 is 5.36. The molecule has 20 heavy (non-hydrogen) atoms. The smallest absolute Gasteiger partial charge is 0.239 e. The average Bonchev–Trinajstić information content (AvgIpc) is 2.48. The summed E-state index contributed by atoms with van der Waals surface area (Å²) in [6.07, 6.45) is 2.88. The van der Waals surface area contributed by atoms with E-state index < -0.39 is 0 Å². The van der Waals surface area contributed by atoms with E-state index in [4.69, 9.17) is 4.74 Å². The van der Waals surface area contributed by atoms with Gasteiger partial charge in [-0.2, -0.15) is 0 Å². The molecule has 1 amide bonds. The maximum absolute atomic E-state index is 12.3. The Balaban J connectivity index is 1.94. The van der Waals surface area contributed by atoms with Gasteiger partial charge in [0.2, 0.25) is 5.91 Å². The van der Waals surface area contributed by atoms with E-state index in [2.05, 4.69) is 11.4 Å². The molecule has 1 atom stereocenters. The highest BCUT2D eigenvalue weighted by molar-refractivity contribution is 5.82. The van der Waals surface area contributed by atoms with E-state index in [0.717, 1.165) is 50.2 Å². The van der Waals surface area contributed by atoms with Crippen LogP contribution in [0.5, 0.6) is 5.75 Å². The van der Waals surface area contributed by atoms with Crippen LogP contribution in [0.15, 0.2) is 24.3 Å². The molecule has 0 bridgehead atoms. The molecule has 2 rings (SSSR count). The normalized spacial score (nSPS) is 19.2. The second kappa shape index (κ2) is 7.29. The first-order valence-corrected chi connectivity index (χ1v) is 7.40. The largest absolute Gasteiger partial charge is 0.496 e. The maximum atomic E-state index is 12.3.